The normalized spacial score (nSPS) is 24.9. The highest BCUT2D eigenvalue weighted by atomic mass is 16.4. The molecule has 2 aliphatic carbocycles. The number of carboxylic acids is 1. The van der Waals surface area contributed by atoms with E-state index in [1.807, 2.05) is 25.1 Å². The summed E-state index contributed by atoms with van der Waals surface area (Å²) >= 11 is 0. The monoisotopic (exact) mass is 259 g/mol. The third-order valence-corrected chi connectivity index (χ3v) is 4.32. The van der Waals surface area contributed by atoms with Gasteiger partial charge in [0.05, 0.1) is 0 Å². The maximum absolute atomic E-state index is 11.9. The third-order valence-electron chi connectivity index (χ3n) is 4.32. The van der Waals surface area contributed by atoms with E-state index in [1.54, 1.807) is 4.90 Å². The van der Waals surface area contributed by atoms with Gasteiger partial charge in [0, 0.05) is 6.04 Å². The molecule has 0 bridgehead atoms. The molecule has 1 saturated carbocycles. The van der Waals surface area contributed by atoms with Crippen LogP contribution in [-0.2, 0) is 21.5 Å². The lowest BCUT2D eigenvalue weighted by Crippen LogP contribution is -2.51. The Hall–Kier alpha value is -1.84. The molecule has 0 spiro atoms. The summed E-state index contributed by atoms with van der Waals surface area (Å²) in [5.41, 5.74) is 1.75. The fraction of sp³-hybridized carbons (Fsp3) is 0.467. The summed E-state index contributed by atoms with van der Waals surface area (Å²) in [6, 6.07) is 6.01. The fourth-order valence-corrected chi connectivity index (χ4v) is 3.18. The van der Waals surface area contributed by atoms with Crippen molar-refractivity contribution in [1.82, 2.24) is 4.90 Å². The summed E-state index contributed by atoms with van der Waals surface area (Å²) < 4.78 is 0. The zero-order valence-electron chi connectivity index (χ0n) is 10.9. The molecular weight excluding hydrogens is 242 g/mol. The highest BCUT2D eigenvalue weighted by Gasteiger charge is 2.53. The van der Waals surface area contributed by atoms with Crippen molar-refractivity contribution >= 4 is 12.4 Å². The molecule has 1 fully saturated rings. The minimum absolute atomic E-state index is 0.0973. The van der Waals surface area contributed by atoms with Crippen LogP contribution in [0.15, 0.2) is 18.2 Å². The molecule has 4 nitrogen and oxygen atoms in total. The smallest absolute Gasteiger partial charge is 0.334 e. The highest BCUT2D eigenvalue weighted by molar-refractivity contribution is 5.85. The van der Waals surface area contributed by atoms with E-state index in [2.05, 4.69) is 0 Å². The van der Waals surface area contributed by atoms with Crippen LogP contribution in [0.4, 0.5) is 0 Å². The minimum Gasteiger partial charge on any atom is -0.479 e. The van der Waals surface area contributed by atoms with E-state index >= 15 is 0 Å². The van der Waals surface area contributed by atoms with Crippen molar-refractivity contribution in [2.45, 2.75) is 44.2 Å². The number of hydrogen-bond acceptors (Lipinski definition) is 2. The van der Waals surface area contributed by atoms with Crippen LogP contribution in [0.5, 0.6) is 0 Å². The Balaban J connectivity index is 2.16. The molecule has 0 radical (unpaired) electrons. The topological polar surface area (TPSA) is 57.6 Å². The van der Waals surface area contributed by atoms with Gasteiger partial charge in [-0.15, -0.1) is 0 Å². The van der Waals surface area contributed by atoms with Crippen LogP contribution >= 0.6 is 0 Å². The lowest BCUT2D eigenvalue weighted by Gasteiger charge is -2.36. The Bertz CT molecular complexity index is 550. The number of amides is 1. The van der Waals surface area contributed by atoms with Gasteiger partial charge in [0.15, 0.2) is 5.54 Å². The average Bonchev–Trinajstić information content (AvgIpc) is 3.13. The van der Waals surface area contributed by atoms with Gasteiger partial charge in [0.25, 0.3) is 0 Å². The second-order valence-electron chi connectivity index (χ2n) is 5.57. The first-order valence-corrected chi connectivity index (χ1v) is 6.67. The second-order valence-corrected chi connectivity index (χ2v) is 5.57. The van der Waals surface area contributed by atoms with Crippen LogP contribution in [0.25, 0.3) is 0 Å². The lowest BCUT2D eigenvalue weighted by atomic mass is 9.89. The Morgan fingerprint density at radius 1 is 1.47 bits per heavy atom. The third kappa shape index (κ3) is 1.66. The number of carbonyl (C=O) groups excluding carboxylic acids is 1. The number of carboxylic acid groups (broad SMARTS) is 1. The van der Waals surface area contributed by atoms with Gasteiger partial charge in [0.2, 0.25) is 6.41 Å². The molecule has 1 N–H and O–H groups in total. The van der Waals surface area contributed by atoms with Gasteiger partial charge in [-0.2, -0.15) is 0 Å². The SMILES string of the molecule is Cc1ccc2c(c1)C(C(=O)O)(N(C=O)C1CC1)CC2. The summed E-state index contributed by atoms with van der Waals surface area (Å²) in [7, 11) is 0. The van der Waals surface area contributed by atoms with Crippen molar-refractivity contribution in [3.05, 3.63) is 34.9 Å². The Morgan fingerprint density at radius 3 is 2.79 bits per heavy atom. The summed E-state index contributed by atoms with van der Waals surface area (Å²) in [4.78, 5) is 24.9. The van der Waals surface area contributed by atoms with Crippen LogP contribution in [0.2, 0.25) is 0 Å². The summed E-state index contributed by atoms with van der Waals surface area (Å²) in [6.07, 6.45) is 3.75. The van der Waals surface area contributed by atoms with Crippen molar-refractivity contribution in [3.63, 3.8) is 0 Å². The number of nitrogens with zero attached hydrogens (tertiary/aromatic N) is 1. The van der Waals surface area contributed by atoms with E-state index in [1.165, 1.54) is 0 Å². The summed E-state index contributed by atoms with van der Waals surface area (Å²) in [5, 5.41) is 9.78. The molecule has 4 heteroatoms. The molecule has 3 rings (SSSR count). The molecule has 19 heavy (non-hydrogen) atoms. The van der Waals surface area contributed by atoms with Crippen molar-refractivity contribution in [1.29, 1.82) is 0 Å². The molecular formula is C15H17NO3. The van der Waals surface area contributed by atoms with Crippen molar-refractivity contribution in [2.75, 3.05) is 0 Å². The molecule has 0 aromatic heterocycles. The quantitative estimate of drug-likeness (QED) is 0.839. The van der Waals surface area contributed by atoms with E-state index in [0.29, 0.717) is 6.42 Å². The molecule has 1 unspecified atom stereocenters. The number of carbonyl (C=O) groups is 2. The van der Waals surface area contributed by atoms with E-state index in [9.17, 15) is 14.7 Å². The molecule has 2 aliphatic rings. The van der Waals surface area contributed by atoms with Gasteiger partial charge in [0.1, 0.15) is 0 Å². The van der Waals surface area contributed by atoms with Crippen LogP contribution < -0.4 is 0 Å². The van der Waals surface area contributed by atoms with E-state index in [0.717, 1.165) is 42.4 Å². The molecule has 1 aromatic rings. The van der Waals surface area contributed by atoms with Gasteiger partial charge < -0.3 is 10.0 Å². The molecule has 0 heterocycles. The number of aryl methyl sites for hydroxylation is 2. The van der Waals surface area contributed by atoms with E-state index < -0.39 is 11.5 Å². The van der Waals surface area contributed by atoms with Gasteiger partial charge in [-0.05, 0) is 43.7 Å². The Kier molecular flexibility index (Phi) is 2.62. The van der Waals surface area contributed by atoms with Gasteiger partial charge in [-0.1, -0.05) is 23.8 Å². The number of rotatable bonds is 4. The number of fused-ring (bicyclic) bond motifs is 1. The molecule has 1 amide bonds. The maximum atomic E-state index is 11.9. The van der Waals surface area contributed by atoms with Gasteiger partial charge >= 0.3 is 5.97 Å². The second kappa shape index (κ2) is 4.08. The van der Waals surface area contributed by atoms with Crippen LogP contribution in [0.1, 0.15) is 36.0 Å². The summed E-state index contributed by atoms with van der Waals surface area (Å²) in [6.45, 7) is 1.95. The van der Waals surface area contributed by atoms with Crippen LogP contribution in [0.3, 0.4) is 0 Å². The van der Waals surface area contributed by atoms with Crippen molar-refractivity contribution in [3.8, 4) is 0 Å². The van der Waals surface area contributed by atoms with Crippen LogP contribution in [0, 0.1) is 6.92 Å². The van der Waals surface area contributed by atoms with Gasteiger partial charge in [-0.3, -0.25) is 4.79 Å². The van der Waals surface area contributed by atoms with Crippen molar-refractivity contribution in [2.24, 2.45) is 0 Å². The van der Waals surface area contributed by atoms with E-state index in [-0.39, 0.29) is 6.04 Å². The predicted octanol–water partition coefficient (Wildman–Crippen LogP) is 1.84. The average molecular weight is 259 g/mol. The van der Waals surface area contributed by atoms with Crippen LogP contribution in [-0.4, -0.2) is 28.4 Å². The molecule has 0 aliphatic heterocycles. The largest absolute Gasteiger partial charge is 0.479 e. The maximum Gasteiger partial charge on any atom is 0.334 e. The zero-order chi connectivity index (χ0) is 13.6. The molecule has 1 atom stereocenters. The molecule has 100 valence electrons. The van der Waals surface area contributed by atoms with Crippen molar-refractivity contribution < 1.29 is 14.7 Å². The number of aliphatic carboxylic acids is 1. The number of hydrogen-bond donors (Lipinski definition) is 1. The molecule has 0 saturated heterocycles. The Labute approximate surface area is 112 Å². The Morgan fingerprint density at radius 2 is 2.21 bits per heavy atom. The number of benzene rings is 1. The first kappa shape index (κ1) is 12.2. The highest BCUT2D eigenvalue weighted by Crippen LogP contribution is 2.46. The predicted molar refractivity (Wildman–Crippen MR) is 69.7 cm³/mol. The zero-order valence-corrected chi connectivity index (χ0v) is 10.9. The standard InChI is InChI=1S/C15H17NO3/c1-10-2-3-11-6-7-15(14(18)19,13(11)8-10)16(9-17)12-4-5-12/h2-3,8-9,12H,4-7H2,1H3,(H,18,19). The van der Waals surface area contributed by atoms with E-state index in [4.69, 9.17) is 0 Å². The van der Waals surface area contributed by atoms with Gasteiger partial charge in [-0.25, -0.2) is 4.79 Å². The minimum atomic E-state index is -1.15. The lowest BCUT2D eigenvalue weighted by molar-refractivity contribution is -0.156. The molecule has 1 aromatic carbocycles. The first-order valence-electron chi connectivity index (χ1n) is 6.67. The summed E-state index contributed by atoms with van der Waals surface area (Å²) in [5.74, 6) is -0.907. The fourth-order valence-electron chi connectivity index (χ4n) is 3.18. The first-order chi connectivity index (χ1) is 9.09.